The summed E-state index contributed by atoms with van der Waals surface area (Å²) in [6.07, 6.45) is 0.585. The van der Waals surface area contributed by atoms with Crippen LogP contribution in [0.5, 0.6) is 11.5 Å². The van der Waals surface area contributed by atoms with Crippen molar-refractivity contribution >= 4 is 6.09 Å². The number of hydrogen-bond acceptors (Lipinski definition) is 4. The number of rotatable bonds is 9. The van der Waals surface area contributed by atoms with E-state index in [-0.39, 0.29) is 18.0 Å². The van der Waals surface area contributed by atoms with E-state index in [0.29, 0.717) is 31.7 Å². The van der Waals surface area contributed by atoms with E-state index >= 15 is 0 Å². The van der Waals surface area contributed by atoms with Crippen LogP contribution in [0, 0.1) is 5.82 Å². The van der Waals surface area contributed by atoms with E-state index in [0.717, 1.165) is 23.5 Å². The quantitative estimate of drug-likeness (QED) is 0.584. The first kappa shape index (κ1) is 21.0. The maximum atomic E-state index is 13.6. The highest BCUT2D eigenvalue weighted by atomic mass is 19.1. The molecule has 3 rings (SSSR count). The fraction of sp³-hybridized carbons (Fsp3) is 0.435. The van der Waals surface area contributed by atoms with Gasteiger partial charge in [0.2, 0.25) is 0 Å². The van der Waals surface area contributed by atoms with E-state index in [1.165, 1.54) is 12.1 Å². The summed E-state index contributed by atoms with van der Waals surface area (Å²) >= 11 is 0. The smallest absolute Gasteiger partial charge is 0.410 e. The van der Waals surface area contributed by atoms with Crippen LogP contribution in [0.3, 0.4) is 0 Å². The maximum absolute atomic E-state index is 13.6. The van der Waals surface area contributed by atoms with Crippen LogP contribution >= 0.6 is 0 Å². The van der Waals surface area contributed by atoms with Crippen molar-refractivity contribution in [2.75, 3.05) is 19.8 Å². The number of halogens is 1. The molecule has 1 fully saturated rings. The molecule has 1 aliphatic rings. The van der Waals surface area contributed by atoms with Crippen molar-refractivity contribution in [1.82, 2.24) is 4.90 Å². The lowest BCUT2D eigenvalue weighted by Crippen LogP contribution is -2.37. The molecule has 0 aromatic heterocycles. The van der Waals surface area contributed by atoms with Crippen LogP contribution < -0.4 is 9.47 Å². The summed E-state index contributed by atoms with van der Waals surface area (Å²) < 4.78 is 30.5. The van der Waals surface area contributed by atoms with E-state index in [1.807, 2.05) is 39.0 Å². The number of carbonyl (C=O) groups is 1. The Balaban J connectivity index is 1.77. The minimum atomic E-state index is -0.459. The summed E-state index contributed by atoms with van der Waals surface area (Å²) in [5.41, 5.74) is 1.69. The Morgan fingerprint density at radius 3 is 2.62 bits per heavy atom. The van der Waals surface area contributed by atoms with Gasteiger partial charge in [0.05, 0.1) is 19.8 Å². The van der Waals surface area contributed by atoms with Crippen molar-refractivity contribution in [1.29, 1.82) is 0 Å². The molecule has 2 atom stereocenters. The fourth-order valence-corrected chi connectivity index (χ4v) is 3.64. The van der Waals surface area contributed by atoms with Crippen molar-refractivity contribution < 1.29 is 23.4 Å². The molecule has 1 amide bonds. The molecule has 156 valence electrons. The molecule has 0 unspecified atom stereocenters. The van der Waals surface area contributed by atoms with Gasteiger partial charge in [-0.2, -0.15) is 0 Å². The Morgan fingerprint density at radius 1 is 1.14 bits per heavy atom. The molecular weight excluding hydrogens is 373 g/mol. The van der Waals surface area contributed by atoms with Crippen molar-refractivity contribution in [2.24, 2.45) is 0 Å². The van der Waals surface area contributed by atoms with E-state index in [4.69, 9.17) is 14.2 Å². The maximum Gasteiger partial charge on any atom is 0.410 e. The molecular formula is C23H28FNO4. The lowest BCUT2D eigenvalue weighted by atomic mass is 10.0. The molecule has 2 aromatic rings. The largest absolute Gasteiger partial charge is 0.494 e. The zero-order chi connectivity index (χ0) is 20.8. The molecule has 6 heteroatoms. The summed E-state index contributed by atoms with van der Waals surface area (Å²) in [6, 6.07) is 12.0. The van der Waals surface area contributed by atoms with Gasteiger partial charge in [-0.15, -0.1) is 0 Å². The highest BCUT2D eigenvalue weighted by Gasteiger charge is 2.36. The Morgan fingerprint density at radius 2 is 1.93 bits per heavy atom. The summed E-state index contributed by atoms with van der Waals surface area (Å²) in [5.74, 6) is 1.20. The van der Waals surface area contributed by atoms with Crippen LogP contribution in [-0.4, -0.2) is 36.8 Å². The highest BCUT2D eigenvalue weighted by Crippen LogP contribution is 2.32. The van der Waals surface area contributed by atoms with Gasteiger partial charge in [-0.3, -0.25) is 0 Å². The Bertz CT molecular complexity index is 841. The Hall–Kier alpha value is -2.76. The van der Waals surface area contributed by atoms with Crippen LogP contribution in [0.15, 0.2) is 42.5 Å². The van der Waals surface area contributed by atoms with Crippen molar-refractivity contribution in [3.63, 3.8) is 0 Å². The van der Waals surface area contributed by atoms with Gasteiger partial charge in [0.1, 0.15) is 23.4 Å². The lowest BCUT2D eigenvalue weighted by Gasteiger charge is -2.25. The SMILES string of the molecule is CCOc1ccc(C[C@@H](CC)N2C[C@@H](c3cccc(F)c3)OC2=O)c(OCC)c1. The van der Waals surface area contributed by atoms with Gasteiger partial charge >= 0.3 is 6.09 Å². The second-order valence-corrected chi connectivity index (χ2v) is 6.98. The van der Waals surface area contributed by atoms with Gasteiger partial charge in [0.15, 0.2) is 0 Å². The van der Waals surface area contributed by atoms with Gasteiger partial charge in [-0.1, -0.05) is 25.1 Å². The van der Waals surface area contributed by atoms with Crippen LogP contribution in [-0.2, 0) is 11.2 Å². The minimum Gasteiger partial charge on any atom is -0.494 e. The zero-order valence-electron chi connectivity index (χ0n) is 17.2. The van der Waals surface area contributed by atoms with Crippen LogP contribution in [0.4, 0.5) is 9.18 Å². The van der Waals surface area contributed by atoms with E-state index in [1.54, 1.807) is 17.0 Å². The minimum absolute atomic E-state index is 0.0433. The molecule has 1 saturated heterocycles. The van der Waals surface area contributed by atoms with Gasteiger partial charge in [-0.25, -0.2) is 9.18 Å². The zero-order valence-corrected chi connectivity index (χ0v) is 17.2. The van der Waals surface area contributed by atoms with Crippen LogP contribution in [0.25, 0.3) is 0 Å². The molecule has 0 bridgehead atoms. The highest BCUT2D eigenvalue weighted by molar-refractivity contribution is 5.70. The molecule has 0 spiro atoms. The summed E-state index contributed by atoms with van der Waals surface area (Å²) in [4.78, 5) is 14.3. The third-order valence-electron chi connectivity index (χ3n) is 5.08. The molecule has 0 N–H and O–H groups in total. The van der Waals surface area contributed by atoms with Crippen molar-refractivity contribution in [3.8, 4) is 11.5 Å². The summed E-state index contributed by atoms with van der Waals surface area (Å²) in [6.45, 7) is 7.46. The first-order valence-corrected chi connectivity index (χ1v) is 10.2. The van der Waals surface area contributed by atoms with Gasteiger partial charge in [0, 0.05) is 12.1 Å². The first-order chi connectivity index (χ1) is 14.0. The fourth-order valence-electron chi connectivity index (χ4n) is 3.64. The third kappa shape index (κ3) is 5.00. The number of hydrogen-bond donors (Lipinski definition) is 0. The number of ether oxygens (including phenoxy) is 3. The number of benzene rings is 2. The summed E-state index contributed by atoms with van der Waals surface area (Å²) in [7, 11) is 0. The van der Waals surface area contributed by atoms with Gasteiger partial charge in [-0.05, 0) is 56.0 Å². The molecule has 1 heterocycles. The number of amides is 1. The predicted molar refractivity (Wildman–Crippen MR) is 109 cm³/mol. The number of cyclic esters (lactones) is 1. The monoisotopic (exact) mass is 401 g/mol. The molecule has 29 heavy (non-hydrogen) atoms. The van der Waals surface area contributed by atoms with Crippen molar-refractivity contribution in [3.05, 3.63) is 59.4 Å². The second kappa shape index (κ2) is 9.63. The topological polar surface area (TPSA) is 48.0 Å². The normalized spacial score (nSPS) is 17.2. The second-order valence-electron chi connectivity index (χ2n) is 6.98. The van der Waals surface area contributed by atoms with Crippen LogP contribution in [0.2, 0.25) is 0 Å². The average Bonchev–Trinajstić information content (AvgIpc) is 3.09. The van der Waals surface area contributed by atoms with Gasteiger partial charge < -0.3 is 19.1 Å². The number of carbonyl (C=O) groups excluding carboxylic acids is 1. The molecule has 0 aliphatic carbocycles. The Kier molecular flexibility index (Phi) is 6.96. The molecule has 5 nitrogen and oxygen atoms in total. The molecule has 0 radical (unpaired) electrons. The van der Waals surface area contributed by atoms with E-state index in [2.05, 4.69) is 0 Å². The number of nitrogens with zero attached hydrogens (tertiary/aromatic N) is 1. The summed E-state index contributed by atoms with van der Waals surface area (Å²) in [5, 5.41) is 0. The van der Waals surface area contributed by atoms with Gasteiger partial charge in [0.25, 0.3) is 0 Å². The first-order valence-electron chi connectivity index (χ1n) is 10.2. The van der Waals surface area contributed by atoms with E-state index < -0.39 is 6.10 Å². The van der Waals surface area contributed by atoms with Crippen LogP contribution in [0.1, 0.15) is 44.4 Å². The van der Waals surface area contributed by atoms with Crippen molar-refractivity contribution in [2.45, 2.75) is 45.8 Å². The lowest BCUT2D eigenvalue weighted by molar-refractivity contribution is 0.127. The molecule has 1 aliphatic heterocycles. The average molecular weight is 401 g/mol. The third-order valence-corrected chi connectivity index (χ3v) is 5.08. The standard InChI is InChI=1S/C23H28FNO4/c1-4-19(13-17-10-11-20(27-5-2)14-21(17)28-6-3)25-15-22(29-23(25)26)16-8-7-9-18(24)12-16/h7-12,14,19,22H,4-6,13,15H2,1-3H3/t19-,22+/m1/s1. The molecule has 2 aromatic carbocycles. The van der Waals surface area contributed by atoms with E-state index in [9.17, 15) is 9.18 Å². The molecule has 0 saturated carbocycles. The Labute approximate surface area is 171 Å². The predicted octanol–water partition coefficient (Wildman–Crippen LogP) is 5.14.